The summed E-state index contributed by atoms with van der Waals surface area (Å²) in [7, 11) is 0. The van der Waals surface area contributed by atoms with Gasteiger partial charge in [-0.2, -0.15) is 0 Å². The second-order valence-corrected chi connectivity index (χ2v) is 3.31. The maximum absolute atomic E-state index is 12.9. The lowest BCUT2D eigenvalue weighted by Gasteiger charge is -2.04. The van der Waals surface area contributed by atoms with Crippen LogP contribution < -0.4 is 0 Å². The van der Waals surface area contributed by atoms with Crippen LogP contribution in [0.25, 0.3) is 0 Å². The van der Waals surface area contributed by atoms with Crippen molar-refractivity contribution in [2.75, 3.05) is 0 Å². The molecule has 0 spiro atoms. The average Bonchev–Trinajstić information content (AvgIpc) is 1.99. The van der Waals surface area contributed by atoms with Crippen LogP contribution in [-0.4, -0.2) is 11.1 Å². The number of carbonyl (C=O) groups is 1. The van der Waals surface area contributed by atoms with Gasteiger partial charge in [0.05, 0.1) is 15.1 Å². The van der Waals surface area contributed by atoms with E-state index in [9.17, 15) is 9.18 Å². The minimum Gasteiger partial charge on any atom is -0.478 e. The summed E-state index contributed by atoms with van der Waals surface area (Å²) in [6.07, 6.45) is 0. The van der Waals surface area contributed by atoms with E-state index in [0.29, 0.717) is 0 Å². The highest BCUT2D eigenvalue weighted by Crippen LogP contribution is 2.34. The van der Waals surface area contributed by atoms with Crippen molar-refractivity contribution < 1.29 is 14.3 Å². The van der Waals surface area contributed by atoms with Crippen LogP contribution in [-0.2, 0) is 0 Å². The maximum Gasteiger partial charge on any atom is 0.340 e. The second-order valence-electron chi connectivity index (χ2n) is 2.15. The van der Waals surface area contributed by atoms with Gasteiger partial charge in [0.1, 0.15) is 11.4 Å². The number of aromatic carboxylic acids is 1. The molecule has 1 rings (SSSR count). The fourth-order valence-corrected chi connectivity index (χ4v) is 1.42. The van der Waals surface area contributed by atoms with E-state index in [4.69, 9.17) is 39.9 Å². The lowest BCUT2D eigenvalue weighted by Crippen LogP contribution is -2.02. The van der Waals surface area contributed by atoms with Gasteiger partial charge in [0.2, 0.25) is 0 Å². The first-order valence-electron chi connectivity index (χ1n) is 3.01. The molecule has 1 aromatic rings. The molecule has 0 unspecified atom stereocenters. The maximum atomic E-state index is 12.9. The lowest BCUT2D eigenvalue weighted by molar-refractivity contribution is 0.0692. The standard InChI is InChI=1S/C7H2Cl3FO2/c8-2-1-3(11)4(7(12)13)6(10)5(2)9/h1H,(H,12,13). The highest BCUT2D eigenvalue weighted by atomic mass is 35.5. The quantitative estimate of drug-likeness (QED) is 0.605. The summed E-state index contributed by atoms with van der Waals surface area (Å²) < 4.78 is 12.9. The molecule has 0 amide bonds. The SMILES string of the molecule is O=C(O)c1c(F)cc(Cl)c(Cl)c1Cl. The van der Waals surface area contributed by atoms with E-state index in [2.05, 4.69) is 0 Å². The Balaban J connectivity index is 3.53. The topological polar surface area (TPSA) is 37.3 Å². The van der Waals surface area contributed by atoms with Gasteiger partial charge in [-0.15, -0.1) is 0 Å². The minimum absolute atomic E-state index is 0.117. The molecule has 0 radical (unpaired) electrons. The van der Waals surface area contributed by atoms with Crippen LogP contribution in [0.2, 0.25) is 15.1 Å². The number of halogens is 4. The smallest absolute Gasteiger partial charge is 0.340 e. The third-order valence-electron chi connectivity index (χ3n) is 1.33. The Hall–Kier alpha value is -0.510. The summed E-state index contributed by atoms with van der Waals surface area (Å²) in [5, 5.41) is 7.86. The summed E-state index contributed by atoms with van der Waals surface area (Å²) in [5.74, 6) is -2.49. The van der Waals surface area contributed by atoms with E-state index in [0.717, 1.165) is 6.07 Å². The summed E-state index contributed by atoms with van der Waals surface area (Å²) in [6, 6.07) is 0.805. The lowest BCUT2D eigenvalue weighted by atomic mass is 10.2. The Bertz CT molecular complexity index is 378. The van der Waals surface area contributed by atoms with Gasteiger partial charge in [0, 0.05) is 0 Å². The number of rotatable bonds is 1. The number of benzene rings is 1. The molecule has 0 aliphatic heterocycles. The molecular formula is C7H2Cl3FO2. The summed E-state index contributed by atoms with van der Waals surface area (Å²) in [5.41, 5.74) is -0.670. The molecule has 0 saturated heterocycles. The Morgan fingerprint density at radius 1 is 1.31 bits per heavy atom. The summed E-state index contributed by atoms with van der Waals surface area (Å²) >= 11 is 16.4. The van der Waals surface area contributed by atoms with Crippen molar-refractivity contribution in [2.24, 2.45) is 0 Å². The van der Waals surface area contributed by atoms with Crippen molar-refractivity contribution in [3.05, 3.63) is 32.5 Å². The first-order chi connectivity index (χ1) is 5.95. The Morgan fingerprint density at radius 3 is 2.31 bits per heavy atom. The van der Waals surface area contributed by atoms with Crippen LogP contribution in [0.5, 0.6) is 0 Å². The normalized spacial score (nSPS) is 10.2. The van der Waals surface area contributed by atoms with Crippen LogP contribution in [0.4, 0.5) is 4.39 Å². The molecule has 0 aliphatic rings. The minimum atomic E-state index is -1.49. The molecule has 0 atom stereocenters. The highest BCUT2D eigenvalue weighted by Gasteiger charge is 2.19. The van der Waals surface area contributed by atoms with Crippen LogP contribution in [0.3, 0.4) is 0 Å². The molecule has 1 aromatic carbocycles. The van der Waals surface area contributed by atoms with E-state index in [-0.39, 0.29) is 15.1 Å². The zero-order valence-electron chi connectivity index (χ0n) is 5.94. The Labute approximate surface area is 87.8 Å². The molecule has 1 N–H and O–H groups in total. The predicted octanol–water partition coefficient (Wildman–Crippen LogP) is 3.48. The van der Waals surface area contributed by atoms with Crippen molar-refractivity contribution in [3.63, 3.8) is 0 Å². The van der Waals surface area contributed by atoms with E-state index in [1.54, 1.807) is 0 Å². The van der Waals surface area contributed by atoms with Crippen molar-refractivity contribution in [2.45, 2.75) is 0 Å². The Morgan fingerprint density at radius 2 is 1.85 bits per heavy atom. The average molecular weight is 243 g/mol. The fourth-order valence-electron chi connectivity index (χ4n) is 0.762. The zero-order valence-corrected chi connectivity index (χ0v) is 8.21. The molecule has 0 fully saturated rings. The third kappa shape index (κ3) is 1.88. The predicted molar refractivity (Wildman–Crippen MR) is 48.4 cm³/mol. The number of carboxylic acid groups (broad SMARTS) is 1. The molecule has 6 heteroatoms. The van der Waals surface area contributed by atoms with Crippen molar-refractivity contribution in [1.82, 2.24) is 0 Å². The largest absolute Gasteiger partial charge is 0.478 e. The molecular weight excluding hydrogens is 241 g/mol. The van der Waals surface area contributed by atoms with Crippen LogP contribution in [0.1, 0.15) is 10.4 Å². The zero-order chi connectivity index (χ0) is 10.2. The number of hydrogen-bond acceptors (Lipinski definition) is 1. The molecule has 2 nitrogen and oxygen atoms in total. The van der Waals surface area contributed by atoms with Gasteiger partial charge in [-0.25, -0.2) is 9.18 Å². The molecule has 13 heavy (non-hydrogen) atoms. The van der Waals surface area contributed by atoms with Crippen LogP contribution in [0, 0.1) is 5.82 Å². The molecule has 0 bridgehead atoms. The third-order valence-corrected chi connectivity index (χ3v) is 2.59. The highest BCUT2D eigenvalue weighted by molar-refractivity contribution is 6.49. The van der Waals surface area contributed by atoms with Crippen molar-refractivity contribution >= 4 is 40.8 Å². The summed E-state index contributed by atoms with van der Waals surface area (Å²) in [4.78, 5) is 10.5. The molecule has 0 aliphatic carbocycles. The van der Waals surface area contributed by atoms with Gasteiger partial charge < -0.3 is 5.11 Å². The first kappa shape index (κ1) is 10.6. The van der Waals surface area contributed by atoms with E-state index in [1.807, 2.05) is 0 Å². The fraction of sp³-hybridized carbons (Fsp3) is 0. The summed E-state index contributed by atoms with van der Waals surface area (Å²) in [6.45, 7) is 0. The molecule has 0 aromatic heterocycles. The number of hydrogen-bond donors (Lipinski definition) is 1. The van der Waals surface area contributed by atoms with Crippen LogP contribution in [0.15, 0.2) is 6.07 Å². The molecule has 0 saturated carbocycles. The van der Waals surface area contributed by atoms with Gasteiger partial charge in [-0.3, -0.25) is 0 Å². The number of carboxylic acids is 1. The monoisotopic (exact) mass is 242 g/mol. The van der Waals surface area contributed by atoms with Gasteiger partial charge >= 0.3 is 5.97 Å². The van der Waals surface area contributed by atoms with Gasteiger partial charge in [-0.1, -0.05) is 34.8 Å². The Kier molecular flexibility index (Phi) is 3.01. The first-order valence-corrected chi connectivity index (χ1v) is 4.14. The van der Waals surface area contributed by atoms with E-state index in [1.165, 1.54) is 0 Å². The second kappa shape index (κ2) is 3.70. The molecule has 0 heterocycles. The van der Waals surface area contributed by atoms with Crippen molar-refractivity contribution in [3.8, 4) is 0 Å². The van der Waals surface area contributed by atoms with Gasteiger partial charge in [0.25, 0.3) is 0 Å². The molecule has 70 valence electrons. The van der Waals surface area contributed by atoms with Gasteiger partial charge in [0.15, 0.2) is 0 Å². The van der Waals surface area contributed by atoms with E-state index >= 15 is 0 Å². The van der Waals surface area contributed by atoms with E-state index < -0.39 is 17.3 Å². The van der Waals surface area contributed by atoms with Crippen LogP contribution >= 0.6 is 34.8 Å². The van der Waals surface area contributed by atoms with Gasteiger partial charge in [-0.05, 0) is 6.07 Å². The van der Waals surface area contributed by atoms with Crippen molar-refractivity contribution in [1.29, 1.82) is 0 Å².